The molecule has 0 atom stereocenters. The van der Waals surface area contributed by atoms with Gasteiger partial charge in [-0.1, -0.05) is 116 Å². The summed E-state index contributed by atoms with van der Waals surface area (Å²) in [5.74, 6) is 0. The fourth-order valence-electron chi connectivity index (χ4n) is 6.98. The van der Waals surface area contributed by atoms with Gasteiger partial charge in [0, 0.05) is 50.0 Å². The van der Waals surface area contributed by atoms with Crippen LogP contribution in [0.4, 0.5) is 11.4 Å². The van der Waals surface area contributed by atoms with E-state index in [9.17, 15) is 10.5 Å². The first-order valence-corrected chi connectivity index (χ1v) is 20.9. The zero-order chi connectivity index (χ0) is 37.8. The van der Waals surface area contributed by atoms with E-state index in [2.05, 4.69) is 110 Å². The van der Waals surface area contributed by atoms with Gasteiger partial charge in [-0.25, -0.2) is 9.98 Å². The van der Waals surface area contributed by atoms with E-state index >= 15 is 0 Å². The Balaban J connectivity index is 2.23. The predicted octanol–water partition coefficient (Wildman–Crippen LogP) is 12.5. The second-order valence-corrected chi connectivity index (χ2v) is 14.0. The third kappa shape index (κ3) is 16.2. The van der Waals surface area contributed by atoms with Gasteiger partial charge in [0.1, 0.15) is 12.1 Å². The fourth-order valence-corrected chi connectivity index (χ4v) is 6.98. The lowest BCUT2D eigenvalue weighted by Crippen LogP contribution is -2.23. The molecule has 2 aromatic carbocycles. The summed E-state index contributed by atoms with van der Waals surface area (Å²) in [6, 6.07) is 17.1. The maximum absolute atomic E-state index is 10.0. The van der Waals surface area contributed by atoms with E-state index in [1.165, 1.54) is 112 Å². The third-order valence-electron chi connectivity index (χ3n) is 10.1. The molecule has 0 aliphatic heterocycles. The molecule has 0 amide bonds. The number of aryl methyl sites for hydroxylation is 2. The Hall–Kier alpha value is -3.90. The number of unbranched alkanes of at least 4 members (excludes halogenated alkanes) is 14. The van der Waals surface area contributed by atoms with E-state index in [1.54, 1.807) is 12.4 Å². The Labute approximate surface area is 318 Å². The van der Waals surface area contributed by atoms with Crippen LogP contribution >= 0.6 is 0 Å². The zero-order valence-electron chi connectivity index (χ0n) is 33.9. The van der Waals surface area contributed by atoms with Crippen molar-refractivity contribution in [3.05, 3.63) is 70.0 Å². The molecule has 0 bridgehead atoms. The van der Waals surface area contributed by atoms with Crippen LogP contribution in [-0.4, -0.2) is 38.6 Å². The standard InChI is InChI=1S/C46H70N6/c1-7-13-15-17-19-21-23-25-27-41-33-39(29-31-45(41)51(9-3)10-4)37-49-43(35-47)44(36-48)50-38-40-30-32-46(52(11-5)12-6)42(34-40)28-26-24-22-20-18-16-14-8-2/h29-34,37-38H,7-28H2,1-6H3/b44-43+,49-37?,50-38?. The van der Waals surface area contributed by atoms with Crippen molar-refractivity contribution in [3.63, 3.8) is 0 Å². The number of hydrogen-bond acceptors (Lipinski definition) is 6. The quantitative estimate of drug-likeness (QED) is 0.0501. The Morgan fingerprint density at radius 3 is 1.13 bits per heavy atom. The molecule has 0 spiro atoms. The highest BCUT2D eigenvalue weighted by atomic mass is 15.1. The van der Waals surface area contributed by atoms with Crippen LogP contribution in [0, 0.1) is 22.7 Å². The third-order valence-corrected chi connectivity index (χ3v) is 10.1. The summed E-state index contributed by atoms with van der Waals surface area (Å²) in [5.41, 5.74) is 7.08. The maximum Gasteiger partial charge on any atom is 0.176 e. The van der Waals surface area contributed by atoms with Crippen molar-refractivity contribution in [2.24, 2.45) is 9.98 Å². The fraction of sp³-hybridized carbons (Fsp3) is 0.609. The van der Waals surface area contributed by atoms with Crippen LogP contribution in [0.1, 0.15) is 167 Å². The molecule has 6 heteroatoms. The molecule has 0 saturated carbocycles. The first-order valence-electron chi connectivity index (χ1n) is 20.9. The zero-order valence-corrected chi connectivity index (χ0v) is 33.9. The van der Waals surface area contributed by atoms with E-state index in [0.717, 1.165) is 63.0 Å². The van der Waals surface area contributed by atoms with Gasteiger partial charge < -0.3 is 9.80 Å². The van der Waals surface area contributed by atoms with E-state index in [0.29, 0.717) is 0 Å². The number of benzene rings is 2. The molecule has 2 rings (SSSR count). The molecule has 2 aromatic rings. The Bertz CT molecular complexity index is 1340. The lowest BCUT2D eigenvalue weighted by molar-refractivity contribution is 0.575. The SMILES string of the molecule is CCCCCCCCCCc1cc(C=N/C(C#N)=C(\C#N)N=Cc2ccc(N(CC)CC)c(CCCCCCCCCC)c2)ccc1N(CC)CC. The largest absolute Gasteiger partial charge is 0.372 e. The molecule has 0 heterocycles. The molecule has 0 fully saturated rings. The first kappa shape index (κ1) is 44.3. The van der Waals surface area contributed by atoms with Gasteiger partial charge in [-0.2, -0.15) is 10.5 Å². The molecule has 0 aromatic heterocycles. The van der Waals surface area contributed by atoms with Crippen molar-refractivity contribution >= 4 is 23.8 Å². The number of rotatable bonds is 28. The van der Waals surface area contributed by atoms with Gasteiger partial charge in [0.15, 0.2) is 11.4 Å². The minimum absolute atomic E-state index is 0.0233. The molecule has 52 heavy (non-hydrogen) atoms. The van der Waals surface area contributed by atoms with E-state index in [-0.39, 0.29) is 11.4 Å². The average molecular weight is 707 g/mol. The van der Waals surface area contributed by atoms with E-state index in [4.69, 9.17) is 0 Å². The van der Waals surface area contributed by atoms with Gasteiger partial charge in [0.05, 0.1) is 0 Å². The van der Waals surface area contributed by atoms with Crippen molar-refractivity contribution in [1.82, 2.24) is 0 Å². The van der Waals surface area contributed by atoms with Crippen molar-refractivity contribution < 1.29 is 0 Å². The minimum Gasteiger partial charge on any atom is -0.372 e. The number of anilines is 2. The van der Waals surface area contributed by atoms with Gasteiger partial charge in [0.2, 0.25) is 0 Å². The Morgan fingerprint density at radius 1 is 0.500 bits per heavy atom. The molecule has 284 valence electrons. The number of nitriles is 2. The highest BCUT2D eigenvalue weighted by Gasteiger charge is 2.12. The smallest absolute Gasteiger partial charge is 0.176 e. The van der Waals surface area contributed by atoms with Gasteiger partial charge in [0.25, 0.3) is 0 Å². The van der Waals surface area contributed by atoms with Gasteiger partial charge in [-0.15, -0.1) is 0 Å². The molecule has 0 radical (unpaired) electrons. The second-order valence-electron chi connectivity index (χ2n) is 14.0. The van der Waals surface area contributed by atoms with Crippen LogP contribution in [0.25, 0.3) is 0 Å². The van der Waals surface area contributed by atoms with Crippen molar-refractivity contribution in [3.8, 4) is 12.1 Å². The molecule has 0 N–H and O–H groups in total. The maximum atomic E-state index is 10.0. The lowest BCUT2D eigenvalue weighted by atomic mass is 10.0. The van der Waals surface area contributed by atoms with Crippen LogP contribution in [0.15, 0.2) is 57.8 Å². The Morgan fingerprint density at radius 2 is 0.827 bits per heavy atom. The molecular weight excluding hydrogens is 637 g/mol. The minimum atomic E-state index is 0.0233. The number of aliphatic imine (C=N–C) groups is 2. The summed E-state index contributed by atoms with van der Waals surface area (Å²) in [6.07, 6.45) is 26.1. The van der Waals surface area contributed by atoms with Crippen molar-refractivity contribution in [2.75, 3.05) is 36.0 Å². The second kappa shape index (κ2) is 27.7. The number of allylic oxidation sites excluding steroid dienone is 2. The monoisotopic (exact) mass is 707 g/mol. The van der Waals surface area contributed by atoms with E-state index < -0.39 is 0 Å². The molecule has 6 nitrogen and oxygen atoms in total. The topological polar surface area (TPSA) is 78.8 Å². The lowest BCUT2D eigenvalue weighted by Gasteiger charge is -2.24. The summed E-state index contributed by atoms with van der Waals surface area (Å²) in [4.78, 5) is 13.8. The predicted molar refractivity (Wildman–Crippen MR) is 226 cm³/mol. The highest BCUT2D eigenvalue weighted by Crippen LogP contribution is 2.26. The summed E-state index contributed by atoms with van der Waals surface area (Å²) >= 11 is 0. The summed E-state index contributed by atoms with van der Waals surface area (Å²) < 4.78 is 0. The summed E-state index contributed by atoms with van der Waals surface area (Å²) in [7, 11) is 0. The molecule has 0 saturated heterocycles. The molecule has 0 aliphatic carbocycles. The summed E-state index contributed by atoms with van der Waals surface area (Å²) in [5, 5.41) is 20.0. The van der Waals surface area contributed by atoms with Crippen LogP contribution in [-0.2, 0) is 12.8 Å². The van der Waals surface area contributed by atoms with E-state index in [1.807, 2.05) is 0 Å². The van der Waals surface area contributed by atoms with Gasteiger partial charge >= 0.3 is 0 Å². The number of hydrogen-bond donors (Lipinski definition) is 0. The molecular formula is C46H70N6. The molecule has 0 unspecified atom stereocenters. The summed E-state index contributed by atoms with van der Waals surface area (Å²) in [6.45, 7) is 17.2. The van der Waals surface area contributed by atoms with Gasteiger partial charge in [-0.3, -0.25) is 0 Å². The highest BCUT2D eigenvalue weighted by molar-refractivity contribution is 5.84. The van der Waals surface area contributed by atoms with Crippen LogP contribution < -0.4 is 9.80 Å². The molecule has 0 aliphatic rings. The van der Waals surface area contributed by atoms with Crippen LogP contribution in [0.3, 0.4) is 0 Å². The van der Waals surface area contributed by atoms with Crippen molar-refractivity contribution in [2.45, 2.75) is 157 Å². The first-order chi connectivity index (χ1) is 25.5. The van der Waals surface area contributed by atoms with Crippen LogP contribution in [0.2, 0.25) is 0 Å². The average Bonchev–Trinajstić information content (AvgIpc) is 3.17. The Kier molecular flexibility index (Phi) is 23.6. The van der Waals surface area contributed by atoms with Gasteiger partial charge in [-0.05, 0) is 99.9 Å². The normalized spacial score (nSPS) is 11.9. The number of nitrogens with zero attached hydrogens (tertiary/aromatic N) is 6. The van der Waals surface area contributed by atoms with Crippen LogP contribution in [0.5, 0.6) is 0 Å². The van der Waals surface area contributed by atoms with Crippen molar-refractivity contribution in [1.29, 1.82) is 10.5 Å².